The van der Waals surface area contributed by atoms with Gasteiger partial charge >= 0.3 is 0 Å². The lowest BCUT2D eigenvalue weighted by atomic mass is 9.83. The third-order valence-electron chi connectivity index (χ3n) is 6.90. The Morgan fingerprint density at radius 2 is 1.50 bits per heavy atom. The van der Waals surface area contributed by atoms with E-state index in [1.807, 2.05) is 0 Å². The van der Waals surface area contributed by atoms with Crippen molar-refractivity contribution in [1.82, 2.24) is 9.61 Å². The zero-order chi connectivity index (χ0) is 20.1. The Morgan fingerprint density at radius 1 is 0.767 bits per heavy atom. The first-order chi connectivity index (χ1) is 14.8. The lowest BCUT2D eigenvalue weighted by Crippen LogP contribution is -2.05. The van der Waals surface area contributed by atoms with Crippen molar-refractivity contribution in [2.24, 2.45) is 0 Å². The zero-order valence-corrected chi connectivity index (χ0v) is 17.4. The van der Waals surface area contributed by atoms with Crippen molar-refractivity contribution >= 4 is 27.1 Å². The maximum absolute atomic E-state index is 5.11. The first-order valence-electron chi connectivity index (χ1n) is 11.2. The largest absolute Gasteiger partial charge is 0.232 e. The average Bonchev–Trinajstić information content (AvgIpc) is 3.16. The highest BCUT2D eigenvalue weighted by Gasteiger charge is 2.24. The van der Waals surface area contributed by atoms with E-state index in [-0.39, 0.29) is 0 Å². The standard InChI is InChI=1S/C28H26N2/c1-19-27(21-10-3-2-4-11-21)28-25-14-8-7-13-23(25)18-26(30(28)29-19)24-16-15-20-9-5-6-12-22(20)17-24/h5-9,12-18,21H,2-4,10-11H2,1H3. The number of aryl methyl sites for hydroxylation is 1. The maximum atomic E-state index is 5.11. The molecule has 2 nitrogen and oxygen atoms in total. The summed E-state index contributed by atoms with van der Waals surface area (Å²) in [7, 11) is 0. The van der Waals surface area contributed by atoms with Crippen LogP contribution in [-0.4, -0.2) is 9.61 Å². The van der Waals surface area contributed by atoms with E-state index in [1.165, 1.54) is 81.7 Å². The van der Waals surface area contributed by atoms with Gasteiger partial charge in [0.15, 0.2) is 0 Å². The Kier molecular flexibility index (Phi) is 4.12. The lowest BCUT2D eigenvalue weighted by Gasteiger charge is -2.22. The third kappa shape index (κ3) is 2.74. The van der Waals surface area contributed by atoms with Gasteiger partial charge in [-0.15, -0.1) is 0 Å². The van der Waals surface area contributed by atoms with E-state index in [4.69, 9.17) is 5.10 Å². The topological polar surface area (TPSA) is 17.3 Å². The second kappa shape index (κ2) is 6.98. The van der Waals surface area contributed by atoms with Gasteiger partial charge in [-0.3, -0.25) is 0 Å². The minimum absolute atomic E-state index is 0.631. The van der Waals surface area contributed by atoms with Crippen LogP contribution in [0.3, 0.4) is 0 Å². The molecule has 0 radical (unpaired) electrons. The van der Waals surface area contributed by atoms with E-state index in [1.54, 1.807) is 0 Å². The fraction of sp³-hybridized carbons (Fsp3) is 0.250. The Morgan fingerprint density at radius 3 is 2.33 bits per heavy atom. The molecule has 3 aromatic carbocycles. The van der Waals surface area contributed by atoms with E-state index in [2.05, 4.69) is 84.2 Å². The number of rotatable bonds is 2. The van der Waals surface area contributed by atoms with Gasteiger partial charge < -0.3 is 0 Å². The van der Waals surface area contributed by atoms with Crippen LogP contribution in [0.15, 0.2) is 72.8 Å². The van der Waals surface area contributed by atoms with Crippen LogP contribution in [0.1, 0.15) is 49.3 Å². The fourth-order valence-corrected chi connectivity index (χ4v) is 5.45. The monoisotopic (exact) mass is 390 g/mol. The summed E-state index contributed by atoms with van der Waals surface area (Å²) in [5, 5.41) is 10.3. The van der Waals surface area contributed by atoms with Gasteiger partial charge in [0.1, 0.15) is 0 Å². The third-order valence-corrected chi connectivity index (χ3v) is 6.90. The second-order valence-corrected chi connectivity index (χ2v) is 8.77. The summed E-state index contributed by atoms with van der Waals surface area (Å²) in [5.41, 5.74) is 6.40. The molecule has 2 heterocycles. The number of aromatic nitrogens is 2. The highest BCUT2D eigenvalue weighted by atomic mass is 15.2. The maximum Gasteiger partial charge on any atom is 0.0784 e. The molecular formula is C28H26N2. The Labute approximate surface area is 177 Å². The van der Waals surface area contributed by atoms with Crippen molar-refractivity contribution in [3.05, 3.63) is 84.1 Å². The van der Waals surface area contributed by atoms with Crippen LogP contribution in [0.5, 0.6) is 0 Å². The van der Waals surface area contributed by atoms with Crippen LogP contribution in [-0.2, 0) is 0 Å². The summed E-state index contributed by atoms with van der Waals surface area (Å²) in [6.45, 7) is 2.20. The number of nitrogens with zero attached hydrogens (tertiary/aromatic N) is 2. The van der Waals surface area contributed by atoms with Gasteiger partial charge in [-0.05, 0) is 54.0 Å². The molecule has 0 N–H and O–H groups in total. The number of pyridine rings is 1. The molecule has 1 saturated carbocycles. The minimum atomic E-state index is 0.631. The van der Waals surface area contributed by atoms with Crippen LogP contribution in [0.2, 0.25) is 0 Å². The van der Waals surface area contributed by atoms with E-state index in [0.717, 1.165) is 0 Å². The highest BCUT2D eigenvalue weighted by Crippen LogP contribution is 2.40. The smallest absolute Gasteiger partial charge is 0.0784 e. The molecule has 0 atom stereocenters. The van der Waals surface area contributed by atoms with Crippen LogP contribution in [0.4, 0.5) is 0 Å². The van der Waals surface area contributed by atoms with Crippen molar-refractivity contribution < 1.29 is 0 Å². The predicted octanol–water partition coefficient (Wildman–Crippen LogP) is 7.66. The fourth-order valence-electron chi connectivity index (χ4n) is 5.45. The molecule has 0 unspecified atom stereocenters. The molecule has 1 aliphatic carbocycles. The summed E-state index contributed by atoms with van der Waals surface area (Å²) in [6, 6.07) is 26.5. The molecule has 0 amide bonds. The van der Waals surface area contributed by atoms with Gasteiger partial charge in [0.25, 0.3) is 0 Å². The first kappa shape index (κ1) is 17.7. The van der Waals surface area contributed by atoms with Gasteiger partial charge in [-0.2, -0.15) is 5.10 Å². The molecule has 1 fully saturated rings. The van der Waals surface area contributed by atoms with Crippen molar-refractivity contribution in [3.8, 4) is 11.3 Å². The molecule has 2 aromatic heterocycles. The quantitative estimate of drug-likeness (QED) is 0.302. The molecule has 148 valence electrons. The molecule has 1 aliphatic rings. The molecule has 2 heteroatoms. The summed E-state index contributed by atoms with van der Waals surface area (Å²) in [4.78, 5) is 0. The Bertz CT molecular complexity index is 1390. The number of benzene rings is 3. The molecular weight excluding hydrogens is 364 g/mol. The second-order valence-electron chi connectivity index (χ2n) is 8.77. The molecule has 0 spiro atoms. The zero-order valence-electron chi connectivity index (χ0n) is 17.4. The molecule has 0 aliphatic heterocycles. The SMILES string of the molecule is Cc1nn2c(-c3ccc4ccccc4c3)cc3ccccc3c2c1C1CCCCC1. The van der Waals surface area contributed by atoms with Crippen molar-refractivity contribution in [1.29, 1.82) is 0 Å². The van der Waals surface area contributed by atoms with E-state index >= 15 is 0 Å². The van der Waals surface area contributed by atoms with Crippen LogP contribution >= 0.6 is 0 Å². The van der Waals surface area contributed by atoms with Crippen LogP contribution in [0.25, 0.3) is 38.3 Å². The van der Waals surface area contributed by atoms with Crippen LogP contribution < -0.4 is 0 Å². The number of hydrogen-bond acceptors (Lipinski definition) is 1. The molecule has 5 aromatic rings. The van der Waals surface area contributed by atoms with Crippen molar-refractivity contribution in [2.75, 3.05) is 0 Å². The van der Waals surface area contributed by atoms with E-state index < -0.39 is 0 Å². The molecule has 6 rings (SSSR count). The first-order valence-corrected chi connectivity index (χ1v) is 11.2. The van der Waals surface area contributed by atoms with Gasteiger partial charge in [0, 0.05) is 16.5 Å². The summed E-state index contributed by atoms with van der Waals surface area (Å²) < 4.78 is 2.23. The normalized spacial score (nSPS) is 15.4. The summed E-state index contributed by atoms with van der Waals surface area (Å²) in [5.74, 6) is 0.631. The Balaban J connectivity index is 1.67. The molecule has 0 bridgehead atoms. The van der Waals surface area contributed by atoms with Gasteiger partial charge in [0.05, 0.1) is 16.9 Å². The summed E-state index contributed by atoms with van der Waals surface area (Å²) >= 11 is 0. The number of fused-ring (bicyclic) bond motifs is 4. The van der Waals surface area contributed by atoms with E-state index in [0.29, 0.717) is 5.92 Å². The average molecular weight is 391 g/mol. The molecule has 30 heavy (non-hydrogen) atoms. The summed E-state index contributed by atoms with van der Waals surface area (Å²) in [6.07, 6.45) is 6.62. The predicted molar refractivity (Wildman–Crippen MR) is 126 cm³/mol. The lowest BCUT2D eigenvalue weighted by molar-refractivity contribution is 0.444. The van der Waals surface area contributed by atoms with Gasteiger partial charge in [-0.1, -0.05) is 79.9 Å². The van der Waals surface area contributed by atoms with Crippen LogP contribution in [0, 0.1) is 6.92 Å². The Hall–Kier alpha value is -3.13. The van der Waals surface area contributed by atoms with Crippen molar-refractivity contribution in [2.45, 2.75) is 44.9 Å². The molecule has 0 saturated heterocycles. The number of hydrogen-bond donors (Lipinski definition) is 0. The van der Waals surface area contributed by atoms with Crippen molar-refractivity contribution in [3.63, 3.8) is 0 Å². The van der Waals surface area contributed by atoms with E-state index in [9.17, 15) is 0 Å². The minimum Gasteiger partial charge on any atom is -0.232 e. The highest BCUT2D eigenvalue weighted by molar-refractivity contribution is 6.01. The van der Waals surface area contributed by atoms with Gasteiger partial charge in [-0.25, -0.2) is 4.52 Å². The van der Waals surface area contributed by atoms with Gasteiger partial charge in [0.2, 0.25) is 0 Å².